The fraction of sp³-hybridized carbons (Fsp3) is 1.00. The third-order valence-electron chi connectivity index (χ3n) is 6.25. The summed E-state index contributed by atoms with van der Waals surface area (Å²) in [5, 5.41) is 0. The average molecular weight is 264 g/mol. The number of unbranched alkanes of at least 4 members (excludes halogenated alkanes) is 1. The number of hydrogen-bond donors (Lipinski definition) is 0. The Labute approximate surface area is 121 Å². The molecular formula is C19H36. The van der Waals surface area contributed by atoms with Crippen molar-refractivity contribution in [3.63, 3.8) is 0 Å². The topological polar surface area (TPSA) is 0 Å². The van der Waals surface area contributed by atoms with Crippen molar-refractivity contribution in [3.05, 3.63) is 0 Å². The van der Waals surface area contributed by atoms with Crippen LogP contribution in [0.1, 0.15) is 104 Å². The summed E-state index contributed by atoms with van der Waals surface area (Å²) < 4.78 is 0. The molecule has 0 saturated heterocycles. The highest BCUT2D eigenvalue weighted by Crippen LogP contribution is 2.49. The van der Waals surface area contributed by atoms with E-state index in [1.165, 1.54) is 51.4 Å². The van der Waals surface area contributed by atoms with Gasteiger partial charge in [0.05, 0.1) is 0 Å². The van der Waals surface area contributed by atoms with Crippen LogP contribution in [0, 0.1) is 17.3 Å². The van der Waals surface area contributed by atoms with Crippen molar-refractivity contribution in [3.8, 4) is 0 Å². The highest BCUT2D eigenvalue weighted by atomic mass is 14.4. The second-order valence-corrected chi connectivity index (χ2v) is 7.59. The molecule has 0 N–H and O–H groups in total. The second-order valence-electron chi connectivity index (χ2n) is 7.59. The van der Waals surface area contributed by atoms with Gasteiger partial charge in [-0.1, -0.05) is 65.2 Å². The Kier molecular flexibility index (Phi) is 6.23. The molecule has 0 amide bonds. The van der Waals surface area contributed by atoms with Crippen LogP contribution in [0.25, 0.3) is 0 Å². The van der Waals surface area contributed by atoms with Gasteiger partial charge in [0, 0.05) is 0 Å². The van der Waals surface area contributed by atoms with E-state index >= 15 is 0 Å². The summed E-state index contributed by atoms with van der Waals surface area (Å²) in [6.07, 6.45) is 21.2. The average Bonchev–Trinajstić information content (AvgIpc) is 2.47. The van der Waals surface area contributed by atoms with Crippen molar-refractivity contribution in [2.75, 3.05) is 0 Å². The summed E-state index contributed by atoms with van der Waals surface area (Å²) in [6.45, 7) is 4.74. The zero-order valence-electron chi connectivity index (χ0n) is 13.6. The Hall–Kier alpha value is 0. The lowest BCUT2D eigenvalue weighted by Crippen LogP contribution is -2.31. The normalized spacial score (nSPS) is 33.5. The summed E-state index contributed by atoms with van der Waals surface area (Å²) in [7, 11) is 0. The van der Waals surface area contributed by atoms with Gasteiger partial charge in [0.15, 0.2) is 0 Å². The molecule has 2 aliphatic rings. The monoisotopic (exact) mass is 264 g/mol. The standard InChI is InChI=1S/C19H36/c1-3-5-14-19(13-4-2)15-11-18(12-16-19)17-9-7-6-8-10-17/h17-18H,3-16H2,1-2H3. The van der Waals surface area contributed by atoms with E-state index in [0.717, 1.165) is 17.3 Å². The van der Waals surface area contributed by atoms with E-state index in [-0.39, 0.29) is 0 Å². The predicted molar refractivity (Wildman–Crippen MR) is 85.4 cm³/mol. The van der Waals surface area contributed by atoms with Crippen LogP contribution in [0.5, 0.6) is 0 Å². The maximum Gasteiger partial charge on any atom is -0.0297 e. The van der Waals surface area contributed by atoms with Crippen LogP contribution in [0.15, 0.2) is 0 Å². The first-order valence-corrected chi connectivity index (χ1v) is 9.29. The molecule has 0 aromatic heterocycles. The van der Waals surface area contributed by atoms with E-state index in [0.29, 0.717) is 0 Å². The summed E-state index contributed by atoms with van der Waals surface area (Å²) in [5.74, 6) is 2.21. The Balaban J connectivity index is 1.83. The van der Waals surface area contributed by atoms with Crippen LogP contribution >= 0.6 is 0 Å². The van der Waals surface area contributed by atoms with Crippen LogP contribution in [-0.4, -0.2) is 0 Å². The third kappa shape index (κ3) is 4.23. The number of hydrogen-bond acceptors (Lipinski definition) is 0. The SMILES string of the molecule is CCCCC1(CCC)CCC(C2CCCCC2)CC1. The minimum absolute atomic E-state index is 0.760. The molecule has 2 fully saturated rings. The molecule has 2 rings (SSSR count). The van der Waals surface area contributed by atoms with Gasteiger partial charge in [-0.3, -0.25) is 0 Å². The van der Waals surface area contributed by atoms with Gasteiger partial charge in [-0.05, 0) is 55.8 Å². The molecule has 0 nitrogen and oxygen atoms in total. The van der Waals surface area contributed by atoms with E-state index in [1.54, 1.807) is 38.5 Å². The molecule has 0 aliphatic heterocycles. The molecule has 0 spiro atoms. The highest BCUT2D eigenvalue weighted by molar-refractivity contribution is 4.88. The Bertz CT molecular complexity index is 228. The van der Waals surface area contributed by atoms with E-state index in [4.69, 9.17) is 0 Å². The van der Waals surface area contributed by atoms with Crippen LogP contribution < -0.4 is 0 Å². The Morgan fingerprint density at radius 1 is 0.737 bits per heavy atom. The molecular weight excluding hydrogens is 228 g/mol. The fourth-order valence-corrected chi connectivity index (χ4v) is 5.04. The largest absolute Gasteiger partial charge is 0.0654 e. The van der Waals surface area contributed by atoms with Crippen LogP contribution in [-0.2, 0) is 0 Å². The van der Waals surface area contributed by atoms with Gasteiger partial charge in [0.25, 0.3) is 0 Å². The molecule has 112 valence electrons. The Morgan fingerprint density at radius 3 is 1.95 bits per heavy atom. The van der Waals surface area contributed by atoms with E-state index in [9.17, 15) is 0 Å². The molecule has 0 bridgehead atoms. The Morgan fingerprint density at radius 2 is 1.37 bits per heavy atom. The molecule has 0 heteroatoms. The summed E-state index contributed by atoms with van der Waals surface area (Å²) in [4.78, 5) is 0. The van der Waals surface area contributed by atoms with Gasteiger partial charge >= 0.3 is 0 Å². The second kappa shape index (κ2) is 7.70. The van der Waals surface area contributed by atoms with Crippen molar-refractivity contribution < 1.29 is 0 Å². The minimum atomic E-state index is 0.760. The molecule has 0 radical (unpaired) electrons. The van der Waals surface area contributed by atoms with Crippen LogP contribution in [0.2, 0.25) is 0 Å². The molecule has 19 heavy (non-hydrogen) atoms. The predicted octanol–water partition coefficient (Wildman–Crippen LogP) is 6.73. The first kappa shape index (κ1) is 15.4. The van der Waals surface area contributed by atoms with Gasteiger partial charge < -0.3 is 0 Å². The first-order chi connectivity index (χ1) is 9.29. The van der Waals surface area contributed by atoms with E-state index in [1.807, 2.05) is 0 Å². The van der Waals surface area contributed by atoms with Crippen LogP contribution in [0.3, 0.4) is 0 Å². The molecule has 0 atom stereocenters. The smallest absolute Gasteiger partial charge is 0.0297 e. The maximum absolute atomic E-state index is 2.39. The zero-order chi connectivity index (χ0) is 13.6. The highest BCUT2D eigenvalue weighted by Gasteiger charge is 2.36. The molecule has 0 aromatic carbocycles. The molecule has 0 unspecified atom stereocenters. The van der Waals surface area contributed by atoms with Gasteiger partial charge in [-0.2, -0.15) is 0 Å². The molecule has 0 aromatic rings. The number of rotatable bonds is 6. The van der Waals surface area contributed by atoms with Crippen LogP contribution in [0.4, 0.5) is 0 Å². The van der Waals surface area contributed by atoms with Gasteiger partial charge in [0.1, 0.15) is 0 Å². The van der Waals surface area contributed by atoms with Crippen molar-refractivity contribution in [2.45, 2.75) is 104 Å². The maximum atomic E-state index is 2.39. The quantitative estimate of drug-likeness (QED) is 0.498. The minimum Gasteiger partial charge on any atom is -0.0654 e. The summed E-state index contributed by atoms with van der Waals surface area (Å²) in [5.41, 5.74) is 0.760. The lowest BCUT2D eigenvalue weighted by molar-refractivity contribution is 0.0832. The van der Waals surface area contributed by atoms with Crippen molar-refractivity contribution in [1.82, 2.24) is 0 Å². The van der Waals surface area contributed by atoms with Gasteiger partial charge in [-0.25, -0.2) is 0 Å². The van der Waals surface area contributed by atoms with E-state index < -0.39 is 0 Å². The van der Waals surface area contributed by atoms with Gasteiger partial charge in [0.2, 0.25) is 0 Å². The first-order valence-electron chi connectivity index (χ1n) is 9.29. The lowest BCUT2D eigenvalue weighted by Gasteiger charge is -2.43. The van der Waals surface area contributed by atoms with Gasteiger partial charge in [-0.15, -0.1) is 0 Å². The summed E-state index contributed by atoms with van der Waals surface area (Å²) >= 11 is 0. The molecule has 2 saturated carbocycles. The van der Waals surface area contributed by atoms with E-state index in [2.05, 4.69) is 13.8 Å². The van der Waals surface area contributed by atoms with Crippen molar-refractivity contribution >= 4 is 0 Å². The zero-order valence-corrected chi connectivity index (χ0v) is 13.6. The fourth-order valence-electron chi connectivity index (χ4n) is 5.04. The third-order valence-corrected chi connectivity index (χ3v) is 6.25. The summed E-state index contributed by atoms with van der Waals surface area (Å²) in [6, 6.07) is 0. The lowest BCUT2D eigenvalue weighted by atomic mass is 9.62. The molecule has 0 heterocycles. The molecule has 2 aliphatic carbocycles. The van der Waals surface area contributed by atoms with Crippen molar-refractivity contribution in [2.24, 2.45) is 17.3 Å². The van der Waals surface area contributed by atoms with Crippen molar-refractivity contribution in [1.29, 1.82) is 0 Å².